The van der Waals surface area contributed by atoms with Crippen molar-refractivity contribution < 1.29 is 9.47 Å². The Hall–Kier alpha value is 1.75. The fraction of sp³-hybridized carbons (Fsp3) is 1.00. The molecule has 0 aromatic heterocycles. The lowest BCUT2D eigenvalue weighted by molar-refractivity contribution is 0.0920. The van der Waals surface area contributed by atoms with Gasteiger partial charge >= 0.3 is 0 Å². The van der Waals surface area contributed by atoms with Gasteiger partial charge in [-0.05, 0) is 58.2 Å². The molecule has 0 heterocycles. The van der Waals surface area contributed by atoms with Crippen molar-refractivity contribution in [1.82, 2.24) is 0 Å². The quantitative estimate of drug-likeness (QED) is 0.0627. The van der Waals surface area contributed by atoms with Gasteiger partial charge in [-0.1, -0.05) is 100 Å². The average molecular weight is 559 g/mol. The van der Waals surface area contributed by atoms with Crippen molar-refractivity contribution in [3.63, 3.8) is 0 Å². The summed E-state index contributed by atoms with van der Waals surface area (Å²) in [5, 5.41) is 0. The van der Waals surface area contributed by atoms with E-state index < -0.39 is 17.6 Å². The number of unbranched alkanes of at least 4 members (excludes halogenated alkanes) is 6. The van der Waals surface area contributed by atoms with E-state index in [1.54, 1.807) is 0 Å². The average Bonchev–Trinajstić information content (AvgIpc) is 2.76. The molecule has 0 aliphatic carbocycles. The van der Waals surface area contributed by atoms with Crippen LogP contribution in [0.2, 0.25) is 26.2 Å². The van der Waals surface area contributed by atoms with E-state index in [1.807, 2.05) is 41.2 Å². The molecule has 32 heavy (non-hydrogen) atoms. The topological polar surface area (TPSA) is 18.5 Å². The zero-order valence-corrected chi connectivity index (χ0v) is 27.6. The highest BCUT2D eigenvalue weighted by Crippen LogP contribution is 2.43. The fourth-order valence-electron chi connectivity index (χ4n) is 3.51. The minimum absolute atomic E-state index is 0.592. The maximum Gasteiger partial charge on any atom is 0.0656 e. The Morgan fingerprint density at radius 3 is 1.31 bits per heavy atom. The lowest BCUT2D eigenvalue weighted by Crippen LogP contribution is -2.28. The Balaban J connectivity index is 3.53. The van der Waals surface area contributed by atoms with Crippen molar-refractivity contribution in [3.05, 3.63) is 0 Å². The third-order valence-electron chi connectivity index (χ3n) is 5.70. The second-order valence-electron chi connectivity index (χ2n) is 9.49. The molecule has 0 aromatic carbocycles. The van der Waals surface area contributed by atoms with Crippen LogP contribution in [-0.2, 0) is 9.47 Å². The molecule has 194 valence electrons. The molecule has 0 saturated carbocycles. The Kier molecular flexibility index (Phi) is 27.3. The SMILES string of the molecule is CCCCCOC(CCCCSSSSCCCCC(OCCCCC)[SiH](C)C)[SiH](C)C. The minimum Gasteiger partial charge on any atom is -0.382 e. The summed E-state index contributed by atoms with van der Waals surface area (Å²) >= 11 is 0. The summed E-state index contributed by atoms with van der Waals surface area (Å²) in [6, 6.07) is 0. The van der Waals surface area contributed by atoms with Gasteiger partial charge in [0.1, 0.15) is 0 Å². The van der Waals surface area contributed by atoms with E-state index in [1.165, 1.54) is 88.6 Å². The largest absolute Gasteiger partial charge is 0.382 e. The van der Waals surface area contributed by atoms with E-state index in [9.17, 15) is 0 Å². The third kappa shape index (κ3) is 22.2. The van der Waals surface area contributed by atoms with Gasteiger partial charge in [-0.2, -0.15) is 0 Å². The predicted molar refractivity (Wildman–Crippen MR) is 164 cm³/mol. The Morgan fingerprint density at radius 1 is 0.562 bits per heavy atom. The zero-order chi connectivity index (χ0) is 23.9. The van der Waals surface area contributed by atoms with Gasteiger partial charge in [0.2, 0.25) is 0 Å². The van der Waals surface area contributed by atoms with Crippen LogP contribution in [0, 0.1) is 0 Å². The van der Waals surface area contributed by atoms with Crippen molar-refractivity contribution in [2.45, 2.75) is 129 Å². The first kappa shape index (κ1) is 33.8. The van der Waals surface area contributed by atoms with Crippen molar-refractivity contribution in [1.29, 1.82) is 0 Å². The van der Waals surface area contributed by atoms with Crippen LogP contribution in [0.5, 0.6) is 0 Å². The first-order valence-corrected chi connectivity index (χ1v) is 24.4. The molecule has 2 nitrogen and oxygen atoms in total. The number of rotatable bonds is 25. The molecule has 2 unspecified atom stereocenters. The van der Waals surface area contributed by atoms with Gasteiger partial charge in [0.25, 0.3) is 0 Å². The standard InChI is InChI=1S/C24H54O2S4Si2/c1-7-9-13-19-25-23(31(3)4)17-11-15-21-27-29-30-28-22-16-12-18-24(32(5)6)26-20-14-10-8-2/h23-24,31-32H,7-22H2,1-6H3. The van der Waals surface area contributed by atoms with Crippen LogP contribution in [0.25, 0.3) is 0 Å². The molecule has 0 aromatic rings. The fourth-order valence-corrected chi connectivity index (χ4v) is 12.6. The van der Waals surface area contributed by atoms with Crippen LogP contribution in [-0.4, -0.2) is 53.8 Å². The second-order valence-corrected chi connectivity index (χ2v) is 22.2. The molecular formula is C24H54O2S4Si2. The van der Waals surface area contributed by atoms with E-state index in [0.717, 1.165) is 13.2 Å². The smallest absolute Gasteiger partial charge is 0.0656 e. The molecule has 0 spiro atoms. The van der Waals surface area contributed by atoms with Gasteiger partial charge in [-0.3, -0.25) is 0 Å². The molecule has 0 fully saturated rings. The Labute approximate surface area is 220 Å². The van der Waals surface area contributed by atoms with Gasteiger partial charge in [0, 0.05) is 36.2 Å². The molecule has 0 amide bonds. The molecule has 2 atom stereocenters. The normalized spacial score (nSPS) is 13.9. The molecule has 0 bridgehead atoms. The highest BCUT2D eigenvalue weighted by atomic mass is 33.7. The monoisotopic (exact) mass is 558 g/mol. The van der Waals surface area contributed by atoms with Crippen LogP contribution in [0.1, 0.15) is 90.9 Å². The maximum absolute atomic E-state index is 6.19. The van der Waals surface area contributed by atoms with Gasteiger partial charge in [0.15, 0.2) is 0 Å². The van der Waals surface area contributed by atoms with Crippen molar-refractivity contribution >= 4 is 58.8 Å². The minimum atomic E-state index is -0.690. The van der Waals surface area contributed by atoms with Gasteiger partial charge in [-0.15, -0.1) is 0 Å². The lowest BCUT2D eigenvalue weighted by atomic mass is 10.2. The van der Waals surface area contributed by atoms with E-state index in [0.29, 0.717) is 11.5 Å². The summed E-state index contributed by atoms with van der Waals surface area (Å²) in [6.45, 7) is 16.2. The highest BCUT2D eigenvalue weighted by molar-refractivity contribution is 9.26. The summed E-state index contributed by atoms with van der Waals surface area (Å²) in [5.74, 6) is 2.55. The highest BCUT2D eigenvalue weighted by Gasteiger charge is 2.15. The summed E-state index contributed by atoms with van der Waals surface area (Å²) in [4.78, 5) is 0. The molecule has 0 aliphatic rings. The van der Waals surface area contributed by atoms with E-state index in [4.69, 9.17) is 9.47 Å². The number of ether oxygens (including phenoxy) is 2. The third-order valence-corrected chi connectivity index (χ3v) is 16.4. The van der Waals surface area contributed by atoms with E-state index in [-0.39, 0.29) is 0 Å². The van der Waals surface area contributed by atoms with Crippen LogP contribution < -0.4 is 0 Å². The first-order chi connectivity index (χ1) is 15.5. The van der Waals surface area contributed by atoms with Crippen molar-refractivity contribution in [3.8, 4) is 0 Å². The number of hydrogen-bond acceptors (Lipinski definition) is 6. The Morgan fingerprint density at radius 2 is 0.969 bits per heavy atom. The summed E-state index contributed by atoms with van der Waals surface area (Å²) < 4.78 is 12.4. The predicted octanol–water partition coefficient (Wildman–Crippen LogP) is 9.21. The molecular weight excluding hydrogens is 505 g/mol. The molecule has 0 saturated heterocycles. The molecule has 8 heteroatoms. The van der Waals surface area contributed by atoms with Gasteiger partial charge in [-0.25, -0.2) is 0 Å². The zero-order valence-electron chi connectivity index (χ0n) is 22.1. The van der Waals surface area contributed by atoms with Crippen LogP contribution >= 0.6 is 41.2 Å². The van der Waals surface area contributed by atoms with Crippen molar-refractivity contribution in [2.24, 2.45) is 0 Å². The first-order valence-electron chi connectivity index (χ1n) is 13.3. The van der Waals surface area contributed by atoms with E-state index in [2.05, 4.69) is 40.0 Å². The van der Waals surface area contributed by atoms with E-state index >= 15 is 0 Å². The maximum atomic E-state index is 6.19. The summed E-state index contributed by atoms with van der Waals surface area (Å²) in [5.41, 5.74) is 1.18. The van der Waals surface area contributed by atoms with Crippen molar-refractivity contribution in [2.75, 3.05) is 24.7 Å². The van der Waals surface area contributed by atoms with Crippen LogP contribution in [0.3, 0.4) is 0 Å². The van der Waals surface area contributed by atoms with Gasteiger partial charge in [0.05, 0.1) is 17.6 Å². The van der Waals surface area contributed by atoms with Gasteiger partial charge < -0.3 is 9.47 Å². The lowest BCUT2D eigenvalue weighted by Gasteiger charge is -2.20. The summed E-state index contributed by atoms with van der Waals surface area (Å²) in [6.07, 6.45) is 15.6. The molecule has 0 rings (SSSR count). The molecule has 0 N–H and O–H groups in total. The second kappa shape index (κ2) is 25.8. The number of hydrogen-bond donors (Lipinski definition) is 0. The summed E-state index contributed by atoms with van der Waals surface area (Å²) in [7, 11) is 6.65. The van der Waals surface area contributed by atoms with Crippen LogP contribution in [0.4, 0.5) is 0 Å². The molecule has 0 radical (unpaired) electrons. The molecule has 0 aliphatic heterocycles. The van der Waals surface area contributed by atoms with Crippen LogP contribution in [0.15, 0.2) is 0 Å². The Bertz CT molecular complexity index is 346.